The van der Waals surface area contributed by atoms with Crippen LogP contribution in [0.15, 0.2) is 6.20 Å². The van der Waals surface area contributed by atoms with Crippen LogP contribution in [0, 0.1) is 5.92 Å². The molecule has 0 spiro atoms. The van der Waals surface area contributed by atoms with Crippen molar-refractivity contribution in [2.24, 2.45) is 5.92 Å². The molecule has 1 atom stereocenters. The maximum absolute atomic E-state index is 8.91. The number of anilines is 2. The second-order valence-electron chi connectivity index (χ2n) is 4.56. The minimum atomic E-state index is 0.205. The average molecular weight is 264 g/mol. The fourth-order valence-electron chi connectivity index (χ4n) is 1.80. The fraction of sp³-hybridized carbons (Fsp3) is 0.583. The lowest BCUT2D eigenvalue weighted by Crippen LogP contribution is -2.14. The van der Waals surface area contributed by atoms with Gasteiger partial charge in [0.15, 0.2) is 5.65 Å². The molecule has 1 unspecified atom stereocenters. The average Bonchev–Trinajstić information content (AvgIpc) is 2.85. The molecule has 0 aliphatic heterocycles. The second-order valence-corrected chi connectivity index (χ2v) is 4.56. The standard InChI is InChI=1S/C12H20N6O/c1-3-13-12-16-10(14-6-8(2)4-5-19)9-7-15-18-11(9)17-12/h7-8,19H,3-6H2,1-2H3,(H3,13,14,15,16,17,18). The maximum atomic E-state index is 8.91. The van der Waals surface area contributed by atoms with E-state index in [2.05, 4.69) is 37.7 Å². The molecule has 104 valence electrons. The number of aliphatic hydroxyl groups is 1. The number of H-pyrrole nitrogens is 1. The summed E-state index contributed by atoms with van der Waals surface area (Å²) < 4.78 is 0. The van der Waals surface area contributed by atoms with E-state index in [1.807, 2.05) is 6.92 Å². The summed E-state index contributed by atoms with van der Waals surface area (Å²) in [5, 5.41) is 23.0. The maximum Gasteiger partial charge on any atom is 0.226 e. The van der Waals surface area contributed by atoms with Gasteiger partial charge in [0.2, 0.25) is 5.95 Å². The number of hydrogen-bond acceptors (Lipinski definition) is 6. The van der Waals surface area contributed by atoms with E-state index < -0.39 is 0 Å². The monoisotopic (exact) mass is 264 g/mol. The van der Waals surface area contributed by atoms with Crippen molar-refractivity contribution < 1.29 is 5.11 Å². The molecular weight excluding hydrogens is 244 g/mol. The Morgan fingerprint density at radius 1 is 1.37 bits per heavy atom. The van der Waals surface area contributed by atoms with E-state index in [1.165, 1.54) is 0 Å². The molecule has 4 N–H and O–H groups in total. The molecule has 0 amide bonds. The Kier molecular flexibility index (Phi) is 4.51. The summed E-state index contributed by atoms with van der Waals surface area (Å²) in [5.74, 6) is 1.72. The molecule has 2 heterocycles. The molecule has 7 nitrogen and oxygen atoms in total. The molecule has 0 fully saturated rings. The Morgan fingerprint density at radius 3 is 2.95 bits per heavy atom. The molecule has 0 aliphatic carbocycles. The first-order valence-corrected chi connectivity index (χ1v) is 6.54. The summed E-state index contributed by atoms with van der Waals surface area (Å²) in [6, 6.07) is 0. The third kappa shape index (κ3) is 3.31. The molecule has 19 heavy (non-hydrogen) atoms. The quantitative estimate of drug-likeness (QED) is 0.600. The van der Waals surface area contributed by atoms with Crippen molar-refractivity contribution in [3.63, 3.8) is 0 Å². The van der Waals surface area contributed by atoms with Crippen molar-refractivity contribution in [2.75, 3.05) is 30.3 Å². The van der Waals surface area contributed by atoms with Gasteiger partial charge >= 0.3 is 0 Å². The van der Waals surface area contributed by atoms with Gasteiger partial charge in [0.05, 0.1) is 11.6 Å². The van der Waals surface area contributed by atoms with Gasteiger partial charge in [-0.25, -0.2) is 0 Å². The number of hydrogen-bond donors (Lipinski definition) is 4. The molecule has 2 aromatic heterocycles. The number of aliphatic hydroxyl groups excluding tert-OH is 1. The molecule has 7 heteroatoms. The van der Waals surface area contributed by atoms with Crippen molar-refractivity contribution >= 4 is 22.8 Å². The van der Waals surface area contributed by atoms with Crippen LogP contribution in [-0.2, 0) is 0 Å². The molecule has 0 aromatic carbocycles. The van der Waals surface area contributed by atoms with E-state index in [4.69, 9.17) is 5.11 Å². The Bertz CT molecular complexity index is 526. The normalized spacial score (nSPS) is 12.6. The SMILES string of the molecule is CCNc1nc(NCC(C)CCO)c2cn[nH]c2n1. The van der Waals surface area contributed by atoms with Crippen LogP contribution < -0.4 is 10.6 Å². The Balaban J connectivity index is 2.17. The van der Waals surface area contributed by atoms with Gasteiger partial charge in [0.25, 0.3) is 0 Å². The summed E-state index contributed by atoms with van der Waals surface area (Å²) in [5.41, 5.74) is 0.711. The van der Waals surface area contributed by atoms with Gasteiger partial charge in [-0.2, -0.15) is 15.1 Å². The molecule has 0 radical (unpaired) electrons. The fourth-order valence-corrected chi connectivity index (χ4v) is 1.80. The highest BCUT2D eigenvalue weighted by molar-refractivity contribution is 5.86. The molecule has 2 rings (SSSR count). The molecular formula is C12H20N6O. The van der Waals surface area contributed by atoms with Gasteiger partial charge in [-0.3, -0.25) is 5.10 Å². The van der Waals surface area contributed by atoms with Crippen LogP contribution in [-0.4, -0.2) is 45.0 Å². The molecule has 0 aliphatic rings. The number of nitrogens with zero attached hydrogens (tertiary/aromatic N) is 3. The largest absolute Gasteiger partial charge is 0.396 e. The molecule has 0 saturated carbocycles. The number of rotatable bonds is 7. The lowest BCUT2D eigenvalue weighted by Gasteiger charge is -2.13. The van der Waals surface area contributed by atoms with E-state index >= 15 is 0 Å². The van der Waals surface area contributed by atoms with E-state index in [9.17, 15) is 0 Å². The zero-order valence-corrected chi connectivity index (χ0v) is 11.3. The number of nitrogens with one attached hydrogen (secondary N) is 3. The molecule has 2 aromatic rings. The highest BCUT2D eigenvalue weighted by Crippen LogP contribution is 2.20. The van der Waals surface area contributed by atoms with E-state index in [-0.39, 0.29) is 6.61 Å². The van der Waals surface area contributed by atoms with Crippen molar-refractivity contribution in [1.29, 1.82) is 0 Å². The Labute approximate surface area is 111 Å². The van der Waals surface area contributed by atoms with Crippen LogP contribution in [0.2, 0.25) is 0 Å². The molecule has 0 saturated heterocycles. The summed E-state index contributed by atoms with van der Waals surface area (Å²) in [6.07, 6.45) is 2.48. The van der Waals surface area contributed by atoms with E-state index in [0.717, 1.165) is 30.7 Å². The summed E-state index contributed by atoms with van der Waals surface area (Å²) in [6.45, 7) is 5.80. The van der Waals surface area contributed by atoms with Crippen LogP contribution in [0.1, 0.15) is 20.3 Å². The van der Waals surface area contributed by atoms with Crippen LogP contribution in [0.3, 0.4) is 0 Å². The highest BCUT2D eigenvalue weighted by atomic mass is 16.3. The van der Waals surface area contributed by atoms with Crippen LogP contribution in [0.25, 0.3) is 11.0 Å². The minimum absolute atomic E-state index is 0.205. The third-order valence-electron chi connectivity index (χ3n) is 2.88. The van der Waals surface area contributed by atoms with Crippen LogP contribution >= 0.6 is 0 Å². The van der Waals surface area contributed by atoms with Gasteiger partial charge in [-0.05, 0) is 19.3 Å². The number of fused-ring (bicyclic) bond motifs is 1. The molecule has 0 bridgehead atoms. The van der Waals surface area contributed by atoms with Gasteiger partial charge in [-0.15, -0.1) is 0 Å². The second kappa shape index (κ2) is 6.33. The zero-order valence-electron chi connectivity index (χ0n) is 11.3. The van der Waals surface area contributed by atoms with Crippen molar-refractivity contribution in [1.82, 2.24) is 20.2 Å². The lowest BCUT2D eigenvalue weighted by atomic mass is 10.1. The van der Waals surface area contributed by atoms with Crippen LogP contribution in [0.4, 0.5) is 11.8 Å². The van der Waals surface area contributed by atoms with Crippen molar-refractivity contribution in [3.8, 4) is 0 Å². The van der Waals surface area contributed by atoms with Gasteiger partial charge in [0, 0.05) is 19.7 Å². The van der Waals surface area contributed by atoms with Crippen molar-refractivity contribution in [3.05, 3.63) is 6.20 Å². The van der Waals surface area contributed by atoms with Crippen LogP contribution in [0.5, 0.6) is 0 Å². The predicted octanol–water partition coefficient (Wildman–Crippen LogP) is 1.22. The van der Waals surface area contributed by atoms with Gasteiger partial charge in [-0.1, -0.05) is 6.92 Å². The third-order valence-corrected chi connectivity index (χ3v) is 2.88. The summed E-state index contributed by atoms with van der Waals surface area (Å²) in [7, 11) is 0. The predicted molar refractivity (Wildman–Crippen MR) is 75.2 cm³/mol. The van der Waals surface area contributed by atoms with Gasteiger partial charge < -0.3 is 15.7 Å². The summed E-state index contributed by atoms with van der Waals surface area (Å²) >= 11 is 0. The first kappa shape index (κ1) is 13.5. The minimum Gasteiger partial charge on any atom is -0.396 e. The van der Waals surface area contributed by atoms with Crippen molar-refractivity contribution in [2.45, 2.75) is 20.3 Å². The topological polar surface area (TPSA) is 98.8 Å². The zero-order chi connectivity index (χ0) is 13.7. The van der Waals surface area contributed by atoms with E-state index in [1.54, 1.807) is 6.20 Å². The summed E-state index contributed by atoms with van der Waals surface area (Å²) in [4.78, 5) is 8.77. The smallest absolute Gasteiger partial charge is 0.226 e. The first-order valence-electron chi connectivity index (χ1n) is 6.54. The Morgan fingerprint density at radius 2 is 2.21 bits per heavy atom. The lowest BCUT2D eigenvalue weighted by molar-refractivity contribution is 0.266. The highest BCUT2D eigenvalue weighted by Gasteiger charge is 2.10. The number of aromatic nitrogens is 4. The Hall–Kier alpha value is -1.89. The first-order chi connectivity index (χ1) is 9.24. The van der Waals surface area contributed by atoms with Gasteiger partial charge in [0.1, 0.15) is 5.82 Å². The van der Waals surface area contributed by atoms with E-state index in [0.29, 0.717) is 17.5 Å². The number of aromatic amines is 1.